The summed E-state index contributed by atoms with van der Waals surface area (Å²) in [5, 5.41) is 8.72. The Kier molecular flexibility index (Phi) is 5.33. The van der Waals surface area contributed by atoms with E-state index >= 15 is 0 Å². The van der Waals surface area contributed by atoms with Crippen molar-refractivity contribution in [3.63, 3.8) is 0 Å². The van der Waals surface area contributed by atoms with Gasteiger partial charge < -0.3 is 9.84 Å². The number of carbonyl (C=O) groups is 2. The maximum atomic E-state index is 11.5. The SMILES string of the molecule is CC(C)[C@H](C)C(=O)O[C@H](C)[C@H](C)C(=O)O. The topological polar surface area (TPSA) is 63.6 Å². The highest BCUT2D eigenvalue weighted by molar-refractivity contribution is 5.74. The lowest BCUT2D eigenvalue weighted by Gasteiger charge is -2.21. The molecule has 1 N–H and O–H groups in total. The Morgan fingerprint density at radius 2 is 1.47 bits per heavy atom. The van der Waals surface area contributed by atoms with Crippen LogP contribution in [0.25, 0.3) is 0 Å². The minimum Gasteiger partial charge on any atom is -0.481 e. The van der Waals surface area contributed by atoms with E-state index in [1.54, 1.807) is 13.8 Å². The van der Waals surface area contributed by atoms with E-state index in [0.717, 1.165) is 0 Å². The van der Waals surface area contributed by atoms with Crippen molar-refractivity contribution in [1.82, 2.24) is 0 Å². The molecule has 0 rings (SSSR count). The molecule has 4 heteroatoms. The lowest BCUT2D eigenvalue weighted by atomic mass is 9.98. The predicted molar refractivity (Wildman–Crippen MR) is 56.4 cm³/mol. The number of rotatable bonds is 5. The number of hydrogen-bond donors (Lipinski definition) is 1. The molecule has 0 aliphatic heterocycles. The van der Waals surface area contributed by atoms with Crippen molar-refractivity contribution in [2.75, 3.05) is 0 Å². The molecule has 0 aromatic heterocycles. The van der Waals surface area contributed by atoms with Crippen LogP contribution in [-0.4, -0.2) is 23.1 Å². The van der Waals surface area contributed by atoms with Gasteiger partial charge in [0.25, 0.3) is 0 Å². The van der Waals surface area contributed by atoms with Crippen molar-refractivity contribution in [3.05, 3.63) is 0 Å². The van der Waals surface area contributed by atoms with E-state index in [-0.39, 0.29) is 17.8 Å². The Morgan fingerprint density at radius 3 is 1.80 bits per heavy atom. The summed E-state index contributed by atoms with van der Waals surface area (Å²) >= 11 is 0. The molecule has 0 saturated carbocycles. The zero-order valence-electron chi connectivity index (χ0n) is 9.98. The Labute approximate surface area is 90.6 Å². The van der Waals surface area contributed by atoms with Gasteiger partial charge in [-0.2, -0.15) is 0 Å². The fourth-order valence-corrected chi connectivity index (χ4v) is 0.866. The third kappa shape index (κ3) is 4.32. The molecule has 0 saturated heterocycles. The van der Waals surface area contributed by atoms with Crippen molar-refractivity contribution in [2.24, 2.45) is 17.8 Å². The van der Waals surface area contributed by atoms with E-state index in [2.05, 4.69) is 0 Å². The van der Waals surface area contributed by atoms with Crippen LogP contribution in [0, 0.1) is 17.8 Å². The van der Waals surface area contributed by atoms with Gasteiger partial charge in [-0.15, -0.1) is 0 Å². The van der Waals surface area contributed by atoms with Gasteiger partial charge in [0.05, 0.1) is 11.8 Å². The molecule has 15 heavy (non-hydrogen) atoms. The molecule has 0 aliphatic rings. The minimum atomic E-state index is -0.951. The van der Waals surface area contributed by atoms with E-state index in [4.69, 9.17) is 9.84 Å². The van der Waals surface area contributed by atoms with E-state index < -0.39 is 18.0 Å². The zero-order chi connectivity index (χ0) is 12.2. The molecule has 0 heterocycles. The number of esters is 1. The first-order chi connectivity index (χ1) is 6.77. The van der Waals surface area contributed by atoms with Crippen molar-refractivity contribution >= 4 is 11.9 Å². The number of hydrogen-bond acceptors (Lipinski definition) is 3. The van der Waals surface area contributed by atoms with Crippen LogP contribution in [0.15, 0.2) is 0 Å². The van der Waals surface area contributed by atoms with Gasteiger partial charge in [-0.05, 0) is 19.8 Å². The molecule has 3 atom stereocenters. The molecular formula is C11H20O4. The minimum absolute atomic E-state index is 0.199. The van der Waals surface area contributed by atoms with Crippen molar-refractivity contribution < 1.29 is 19.4 Å². The normalized spacial score (nSPS) is 16.9. The van der Waals surface area contributed by atoms with E-state index in [9.17, 15) is 9.59 Å². The van der Waals surface area contributed by atoms with Gasteiger partial charge in [-0.1, -0.05) is 20.8 Å². The van der Waals surface area contributed by atoms with Crippen molar-refractivity contribution in [2.45, 2.75) is 40.7 Å². The van der Waals surface area contributed by atoms with Gasteiger partial charge in [-0.25, -0.2) is 0 Å². The predicted octanol–water partition coefficient (Wildman–Crippen LogP) is 1.93. The lowest BCUT2D eigenvalue weighted by molar-refractivity contribution is -0.160. The summed E-state index contributed by atoms with van der Waals surface area (Å²) in [4.78, 5) is 22.1. The van der Waals surface area contributed by atoms with E-state index in [0.29, 0.717) is 0 Å². The number of carboxylic acid groups (broad SMARTS) is 1. The summed E-state index contributed by atoms with van der Waals surface area (Å²) in [6, 6.07) is 0. The summed E-state index contributed by atoms with van der Waals surface area (Å²) in [6.45, 7) is 8.77. The van der Waals surface area contributed by atoms with E-state index in [1.807, 2.05) is 13.8 Å². The quantitative estimate of drug-likeness (QED) is 0.713. The third-order valence-corrected chi connectivity index (χ3v) is 2.77. The second kappa shape index (κ2) is 5.73. The number of ether oxygens (including phenoxy) is 1. The third-order valence-electron chi connectivity index (χ3n) is 2.77. The smallest absolute Gasteiger partial charge is 0.309 e. The van der Waals surface area contributed by atoms with Crippen LogP contribution in [0.3, 0.4) is 0 Å². The van der Waals surface area contributed by atoms with Gasteiger partial charge in [-0.3, -0.25) is 9.59 Å². The van der Waals surface area contributed by atoms with Gasteiger partial charge in [0.15, 0.2) is 0 Å². The molecular weight excluding hydrogens is 196 g/mol. The van der Waals surface area contributed by atoms with Crippen LogP contribution in [0.4, 0.5) is 0 Å². The highest BCUT2D eigenvalue weighted by Gasteiger charge is 2.26. The number of carboxylic acids is 1. The van der Waals surface area contributed by atoms with E-state index in [1.165, 1.54) is 6.92 Å². The van der Waals surface area contributed by atoms with Crippen LogP contribution < -0.4 is 0 Å². The second-order valence-electron chi connectivity index (χ2n) is 4.30. The molecule has 0 fully saturated rings. The van der Waals surface area contributed by atoms with Crippen molar-refractivity contribution in [3.8, 4) is 0 Å². The molecule has 0 aliphatic carbocycles. The molecule has 0 spiro atoms. The first-order valence-electron chi connectivity index (χ1n) is 5.20. The average Bonchev–Trinajstić information content (AvgIpc) is 2.14. The van der Waals surface area contributed by atoms with Crippen LogP contribution in [0.1, 0.15) is 34.6 Å². The molecule has 0 radical (unpaired) electrons. The summed E-state index contributed by atoms with van der Waals surface area (Å²) in [5.74, 6) is -1.95. The Bertz CT molecular complexity index is 235. The molecule has 0 unspecified atom stereocenters. The Hall–Kier alpha value is -1.06. The van der Waals surface area contributed by atoms with Crippen LogP contribution in [-0.2, 0) is 14.3 Å². The van der Waals surface area contributed by atoms with Gasteiger partial charge >= 0.3 is 11.9 Å². The average molecular weight is 216 g/mol. The number of carbonyl (C=O) groups excluding carboxylic acids is 1. The zero-order valence-corrected chi connectivity index (χ0v) is 9.98. The van der Waals surface area contributed by atoms with Crippen LogP contribution >= 0.6 is 0 Å². The van der Waals surface area contributed by atoms with Crippen LogP contribution in [0.2, 0.25) is 0 Å². The lowest BCUT2D eigenvalue weighted by Crippen LogP contribution is -2.31. The molecule has 0 bridgehead atoms. The number of aliphatic carboxylic acids is 1. The largest absolute Gasteiger partial charge is 0.481 e. The van der Waals surface area contributed by atoms with Gasteiger partial charge in [0.1, 0.15) is 6.10 Å². The maximum Gasteiger partial charge on any atom is 0.309 e. The second-order valence-corrected chi connectivity index (χ2v) is 4.30. The first kappa shape index (κ1) is 13.9. The first-order valence-corrected chi connectivity index (χ1v) is 5.20. The van der Waals surface area contributed by atoms with Crippen molar-refractivity contribution in [1.29, 1.82) is 0 Å². The Morgan fingerprint density at radius 1 is 1.00 bits per heavy atom. The van der Waals surface area contributed by atoms with Gasteiger partial charge in [0.2, 0.25) is 0 Å². The standard InChI is InChI=1S/C11H20O4/c1-6(2)7(3)11(14)15-9(5)8(4)10(12)13/h6-9H,1-5H3,(H,12,13)/t7-,8-,9+/m0/s1. The highest BCUT2D eigenvalue weighted by atomic mass is 16.5. The molecule has 88 valence electrons. The summed E-state index contributed by atoms with van der Waals surface area (Å²) < 4.78 is 5.08. The summed E-state index contributed by atoms with van der Waals surface area (Å²) in [6.07, 6.45) is -0.587. The molecule has 0 aromatic rings. The molecule has 0 amide bonds. The summed E-state index contributed by atoms with van der Waals surface area (Å²) in [7, 11) is 0. The van der Waals surface area contributed by atoms with Crippen LogP contribution in [0.5, 0.6) is 0 Å². The fraction of sp³-hybridized carbons (Fsp3) is 0.818. The summed E-state index contributed by atoms with van der Waals surface area (Å²) in [5.41, 5.74) is 0. The fourth-order valence-electron chi connectivity index (χ4n) is 0.866. The maximum absolute atomic E-state index is 11.5. The highest BCUT2D eigenvalue weighted by Crippen LogP contribution is 2.15. The van der Waals surface area contributed by atoms with Gasteiger partial charge in [0, 0.05) is 0 Å². The molecule has 0 aromatic carbocycles. The monoisotopic (exact) mass is 216 g/mol. The Balaban J connectivity index is 4.24. The molecule has 4 nitrogen and oxygen atoms in total.